The summed E-state index contributed by atoms with van der Waals surface area (Å²) in [7, 11) is 0. The molecule has 2 rings (SSSR count). The lowest BCUT2D eigenvalue weighted by molar-refractivity contribution is 0.571. The molecule has 0 saturated carbocycles. The summed E-state index contributed by atoms with van der Waals surface area (Å²) in [6, 6.07) is 14.5. The third-order valence-electron chi connectivity index (χ3n) is 3.31. The molecular weight excluding hydrogens is 289 g/mol. The lowest BCUT2D eigenvalue weighted by Crippen LogP contribution is -2.19. The van der Waals surface area contributed by atoms with Crippen molar-refractivity contribution in [3.05, 3.63) is 58.1 Å². The smallest absolute Gasteiger partial charge is 0.0426 e. The van der Waals surface area contributed by atoms with Crippen LogP contribution in [-0.2, 0) is 0 Å². The molecule has 20 heavy (non-hydrogen) atoms. The molecule has 1 unspecified atom stereocenters. The van der Waals surface area contributed by atoms with Crippen molar-refractivity contribution in [3.63, 3.8) is 0 Å². The van der Waals surface area contributed by atoms with Crippen LogP contribution in [0.2, 0.25) is 10.0 Å². The van der Waals surface area contributed by atoms with E-state index in [2.05, 4.69) is 43.4 Å². The fourth-order valence-corrected chi connectivity index (χ4v) is 2.69. The monoisotopic (exact) mass is 307 g/mol. The van der Waals surface area contributed by atoms with Gasteiger partial charge in [-0.3, -0.25) is 0 Å². The van der Waals surface area contributed by atoms with E-state index in [0.717, 1.165) is 24.1 Å². The van der Waals surface area contributed by atoms with E-state index in [0.29, 0.717) is 16.1 Å². The topological polar surface area (TPSA) is 12.0 Å². The minimum atomic E-state index is 0.368. The van der Waals surface area contributed by atoms with Crippen LogP contribution in [-0.4, -0.2) is 6.54 Å². The van der Waals surface area contributed by atoms with Crippen LogP contribution in [0.1, 0.15) is 31.9 Å². The van der Waals surface area contributed by atoms with Gasteiger partial charge >= 0.3 is 0 Å². The van der Waals surface area contributed by atoms with Crippen LogP contribution in [0, 0.1) is 0 Å². The van der Waals surface area contributed by atoms with Crippen LogP contribution in [0.15, 0.2) is 42.5 Å². The van der Waals surface area contributed by atoms with Gasteiger partial charge in [0.15, 0.2) is 0 Å². The van der Waals surface area contributed by atoms with E-state index in [-0.39, 0.29) is 0 Å². The van der Waals surface area contributed by atoms with E-state index < -0.39 is 0 Å². The molecule has 0 fully saturated rings. The fourth-order valence-electron chi connectivity index (χ4n) is 2.16. The minimum absolute atomic E-state index is 0.368. The van der Waals surface area contributed by atoms with Crippen LogP contribution in [0.5, 0.6) is 0 Å². The molecule has 0 aromatic heterocycles. The van der Waals surface area contributed by atoms with Crippen molar-refractivity contribution in [2.75, 3.05) is 6.54 Å². The molecule has 0 amide bonds. The van der Waals surface area contributed by atoms with Crippen molar-refractivity contribution in [3.8, 4) is 11.1 Å². The van der Waals surface area contributed by atoms with Gasteiger partial charge in [-0.1, -0.05) is 54.4 Å². The molecule has 0 heterocycles. The van der Waals surface area contributed by atoms with Crippen LogP contribution in [0.3, 0.4) is 0 Å². The molecule has 1 nitrogen and oxygen atoms in total. The van der Waals surface area contributed by atoms with E-state index in [1.807, 2.05) is 12.1 Å². The summed E-state index contributed by atoms with van der Waals surface area (Å²) < 4.78 is 0. The van der Waals surface area contributed by atoms with Gasteiger partial charge in [-0.2, -0.15) is 0 Å². The van der Waals surface area contributed by atoms with Crippen LogP contribution < -0.4 is 5.32 Å². The Balaban J connectivity index is 2.19. The summed E-state index contributed by atoms with van der Waals surface area (Å²) in [6.45, 7) is 5.39. The lowest BCUT2D eigenvalue weighted by Gasteiger charge is -2.14. The third-order valence-corrected chi connectivity index (χ3v) is 3.74. The molecule has 0 saturated heterocycles. The summed E-state index contributed by atoms with van der Waals surface area (Å²) >= 11 is 12.1. The molecule has 0 aliphatic rings. The summed E-state index contributed by atoms with van der Waals surface area (Å²) in [5.41, 5.74) is 3.46. The van der Waals surface area contributed by atoms with Crippen molar-refractivity contribution < 1.29 is 0 Å². The zero-order chi connectivity index (χ0) is 14.5. The van der Waals surface area contributed by atoms with Crippen molar-refractivity contribution in [1.82, 2.24) is 5.32 Å². The Morgan fingerprint density at radius 2 is 1.55 bits per heavy atom. The first-order valence-corrected chi connectivity index (χ1v) is 7.65. The van der Waals surface area contributed by atoms with Crippen molar-refractivity contribution in [2.24, 2.45) is 0 Å². The number of hydrogen-bond donors (Lipinski definition) is 1. The summed E-state index contributed by atoms with van der Waals surface area (Å²) in [5.74, 6) is 0. The van der Waals surface area contributed by atoms with Gasteiger partial charge in [0.1, 0.15) is 0 Å². The van der Waals surface area contributed by atoms with Gasteiger partial charge in [-0.25, -0.2) is 0 Å². The average Bonchev–Trinajstić information content (AvgIpc) is 2.44. The summed E-state index contributed by atoms with van der Waals surface area (Å²) in [4.78, 5) is 0. The molecule has 1 N–H and O–H groups in total. The molecule has 2 aromatic rings. The Labute approximate surface area is 130 Å². The minimum Gasteiger partial charge on any atom is -0.310 e. The molecule has 0 aliphatic carbocycles. The largest absolute Gasteiger partial charge is 0.310 e. The Kier molecular flexibility index (Phi) is 5.47. The van der Waals surface area contributed by atoms with Crippen molar-refractivity contribution in [2.45, 2.75) is 26.3 Å². The first-order chi connectivity index (χ1) is 9.60. The Bertz CT molecular complexity index is 543. The highest BCUT2D eigenvalue weighted by atomic mass is 35.5. The van der Waals surface area contributed by atoms with Crippen molar-refractivity contribution >= 4 is 23.2 Å². The molecule has 0 aliphatic heterocycles. The average molecular weight is 308 g/mol. The number of halogens is 2. The van der Waals surface area contributed by atoms with Crippen molar-refractivity contribution in [1.29, 1.82) is 0 Å². The third kappa shape index (κ3) is 3.99. The van der Waals surface area contributed by atoms with E-state index in [1.165, 1.54) is 5.56 Å². The maximum absolute atomic E-state index is 6.04. The molecule has 3 heteroatoms. The van der Waals surface area contributed by atoms with E-state index in [9.17, 15) is 0 Å². The second kappa shape index (κ2) is 7.12. The van der Waals surface area contributed by atoms with Crippen LogP contribution in [0.25, 0.3) is 11.1 Å². The summed E-state index contributed by atoms with van der Waals surface area (Å²) in [5, 5.41) is 4.81. The number of hydrogen-bond acceptors (Lipinski definition) is 1. The molecular formula is C17H19Cl2N. The summed E-state index contributed by atoms with van der Waals surface area (Å²) in [6.07, 6.45) is 1.14. The Morgan fingerprint density at radius 1 is 0.950 bits per heavy atom. The second-order valence-corrected chi connectivity index (χ2v) is 5.83. The van der Waals surface area contributed by atoms with Gasteiger partial charge in [-0.15, -0.1) is 0 Å². The van der Waals surface area contributed by atoms with E-state index in [1.54, 1.807) is 6.07 Å². The highest BCUT2D eigenvalue weighted by Gasteiger charge is 2.05. The molecule has 0 bridgehead atoms. The SMILES string of the molecule is CCCNC(C)c1ccc(-c2cc(Cl)cc(Cl)c2)cc1. The normalized spacial score (nSPS) is 12.4. The van der Waals surface area contributed by atoms with Crippen LogP contribution in [0.4, 0.5) is 0 Å². The van der Waals surface area contributed by atoms with Crippen LogP contribution >= 0.6 is 23.2 Å². The van der Waals surface area contributed by atoms with Gasteiger partial charge in [0.05, 0.1) is 0 Å². The predicted molar refractivity (Wildman–Crippen MR) is 88.6 cm³/mol. The van der Waals surface area contributed by atoms with E-state index >= 15 is 0 Å². The number of benzene rings is 2. The predicted octanol–water partition coefficient (Wildman–Crippen LogP) is 5.72. The molecule has 1 atom stereocenters. The van der Waals surface area contributed by atoms with E-state index in [4.69, 9.17) is 23.2 Å². The lowest BCUT2D eigenvalue weighted by atomic mass is 10.0. The molecule has 0 spiro atoms. The first-order valence-electron chi connectivity index (χ1n) is 6.90. The van der Waals surface area contributed by atoms with Gasteiger partial charge in [0.2, 0.25) is 0 Å². The fraction of sp³-hybridized carbons (Fsp3) is 0.294. The number of rotatable bonds is 5. The molecule has 0 radical (unpaired) electrons. The highest BCUT2D eigenvalue weighted by Crippen LogP contribution is 2.28. The Hall–Kier alpha value is -1.02. The second-order valence-electron chi connectivity index (χ2n) is 4.96. The Morgan fingerprint density at radius 3 is 2.10 bits per heavy atom. The number of nitrogens with one attached hydrogen (secondary N) is 1. The molecule has 106 valence electrons. The van der Waals surface area contributed by atoms with Gasteiger partial charge in [0, 0.05) is 16.1 Å². The van der Waals surface area contributed by atoms with Gasteiger partial charge in [-0.05, 0) is 54.8 Å². The zero-order valence-electron chi connectivity index (χ0n) is 11.8. The quantitative estimate of drug-likeness (QED) is 0.744. The molecule has 2 aromatic carbocycles. The zero-order valence-corrected chi connectivity index (χ0v) is 13.3. The standard InChI is InChI=1S/C17H19Cl2N/c1-3-8-20-12(2)13-4-6-14(7-5-13)15-9-16(18)11-17(19)10-15/h4-7,9-12,20H,3,8H2,1-2H3. The van der Waals surface area contributed by atoms with Gasteiger partial charge in [0.25, 0.3) is 0 Å². The maximum atomic E-state index is 6.04. The first kappa shape index (κ1) is 15.4. The van der Waals surface area contributed by atoms with Gasteiger partial charge < -0.3 is 5.32 Å². The highest BCUT2D eigenvalue weighted by molar-refractivity contribution is 6.35. The maximum Gasteiger partial charge on any atom is 0.0426 e.